The quantitative estimate of drug-likeness (QED) is 0.401. The van der Waals surface area contributed by atoms with Crippen LogP contribution in [0, 0.1) is 10.1 Å². The van der Waals surface area contributed by atoms with Crippen molar-refractivity contribution in [1.29, 1.82) is 0 Å². The summed E-state index contributed by atoms with van der Waals surface area (Å²) in [5.74, 6) is -1.11. The van der Waals surface area contributed by atoms with Crippen LogP contribution in [0.15, 0.2) is 48.5 Å². The molecule has 0 fully saturated rings. The summed E-state index contributed by atoms with van der Waals surface area (Å²) in [6.45, 7) is 1.80. The summed E-state index contributed by atoms with van der Waals surface area (Å²) >= 11 is 0. The number of ether oxygens (including phenoxy) is 2. The number of anilines is 1. The van der Waals surface area contributed by atoms with Gasteiger partial charge in [0.1, 0.15) is 6.61 Å². The van der Waals surface area contributed by atoms with Crippen molar-refractivity contribution < 1.29 is 24.0 Å². The number of esters is 1. The predicted octanol–water partition coefficient (Wildman–Crippen LogP) is 2.95. The molecular weight excluding hydrogens is 352 g/mol. The van der Waals surface area contributed by atoms with E-state index in [4.69, 9.17) is 9.47 Å². The number of amides is 1. The van der Waals surface area contributed by atoms with E-state index in [0.717, 1.165) is 10.5 Å². The summed E-state index contributed by atoms with van der Waals surface area (Å²) in [4.78, 5) is 36.1. The van der Waals surface area contributed by atoms with Crippen LogP contribution in [0.3, 0.4) is 0 Å². The maximum absolute atomic E-state index is 12.4. The first-order chi connectivity index (χ1) is 12.9. The van der Waals surface area contributed by atoms with Gasteiger partial charge in [0.15, 0.2) is 0 Å². The van der Waals surface area contributed by atoms with Crippen LogP contribution in [-0.4, -0.2) is 37.1 Å². The van der Waals surface area contributed by atoms with Crippen LogP contribution >= 0.6 is 0 Å². The Balaban J connectivity index is 2.15. The number of likely N-dealkylation sites (N-methyl/N-ethyl adjacent to an activating group) is 1. The first-order valence-corrected chi connectivity index (χ1v) is 8.27. The van der Waals surface area contributed by atoms with Gasteiger partial charge in [0.05, 0.1) is 29.4 Å². The lowest BCUT2D eigenvalue weighted by Crippen LogP contribution is -2.31. The second kappa shape index (κ2) is 9.44. The van der Waals surface area contributed by atoms with E-state index in [-0.39, 0.29) is 36.8 Å². The molecule has 8 nitrogen and oxygen atoms in total. The molecule has 27 heavy (non-hydrogen) atoms. The van der Waals surface area contributed by atoms with E-state index in [1.807, 2.05) is 30.3 Å². The lowest BCUT2D eigenvalue weighted by molar-refractivity contribution is -0.384. The van der Waals surface area contributed by atoms with Crippen molar-refractivity contribution in [3.63, 3.8) is 0 Å². The molecule has 0 heterocycles. The highest BCUT2D eigenvalue weighted by molar-refractivity contribution is 6.03. The van der Waals surface area contributed by atoms with Crippen molar-refractivity contribution in [1.82, 2.24) is 0 Å². The summed E-state index contributed by atoms with van der Waals surface area (Å²) in [5, 5.41) is 11.0. The van der Waals surface area contributed by atoms with Gasteiger partial charge >= 0.3 is 5.97 Å². The lowest BCUT2D eigenvalue weighted by Gasteiger charge is -2.20. The highest BCUT2D eigenvalue weighted by Crippen LogP contribution is 2.26. The van der Waals surface area contributed by atoms with Crippen LogP contribution in [0.25, 0.3) is 0 Å². The van der Waals surface area contributed by atoms with Gasteiger partial charge < -0.3 is 14.4 Å². The summed E-state index contributed by atoms with van der Waals surface area (Å²) in [5.41, 5.74) is 0.843. The van der Waals surface area contributed by atoms with Gasteiger partial charge in [0.2, 0.25) is 0 Å². The molecule has 0 N–H and O–H groups in total. The number of benzene rings is 2. The Morgan fingerprint density at radius 2 is 1.85 bits per heavy atom. The minimum atomic E-state index is -0.660. The molecule has 0 aliphatic rings. The Hall–Kier alpha value is -3.26. The third-order valence-corrected chi connectivity index (χ3v) is 3.76. The molecule has 0 atom stereocenters. The van der Waals surface area contributed by atoms with Gasteiger partial charge in [-0.15, -0.1) is 0 Å². The van der Waals surface area contributed by atoms with E-state index in [0.29, 0.717) is 0 Å². The monoisotopic (exact) mass is 372 g/mol. The zero-order valence-corrected chi connectivity index (χ0v) is 15.1. The number of nitro benzene ring substituents is 1. The van der Waals surface area contributed by atoms with Gasteiger partial charge in [-0.2, -0.15) is 0 Å². The maximum atomic E-state index is 12.4. The molecule has 0 saturated heterocycles. The topological polar surface area (TPSA) is 99.0 Å². The summed E-state index contributed by atoms with van der Waals surface area (Å²) in [6.07, 6.45) is 0. The molecular formula is C19H20N2O6. The maximum Gasteiger partial charge on any atom is 0.340 e. The average Bonchev–Trinajstić information content (AvgIpc) is 2.67. The molecule has 2 aromatic carbocycles. The highest BCUT2D eigenvalue weighted by Gasteiger charge is 2.23. The summed E-state index contributed by atoms with van der Waals surface area (Å²) < 4.78 is 10.4. The SMILES string of the molecule is CCOC(=O)c1ccc([N+](=O)[O-])cc1N(C)C(=O)COCc1ccccc1. The fourth-order valence-corrected chi connectivity index (χ4v) is 2.35. The molecule has 0 aliphatic carbocycles. The molecule has 8 heteroatoms. The van der Waals surface area contributed by atoms with Crippen LogP contribution in [0.2, 0.25) is 0 Å². The molecule has 0 bridgehead atoms. The van der Waals surface area contributed by atoms with E-state index >= 15 is 0 Å². The highest BCUT2D eigenvalue weighted by atomic mass is 16.6. The zero-order valence-electron chi connectivity index (χ0n) is 15.1. The van der Waals surface area contributed by atoms with Crippen LogP contribution in [-0.2, 0) is 20.9 Å². The number of non-ortho nitro benzene ring substituents is 1. The molecule has 142 valence electrons. The minimum absolute atomic E-state index is 0.0707. The van der Waals surface area contributed by atoms with Crippen molar-refractivity contribution in [2.45, 2.75) is 13.5 Å². The third kappa shape index (κ3) is 5.35. The number of hydrogen-bond donors (Lipinski definition) is 0. The lowest BCUT2D eigenvalue weighted by atomic mass is 10.1. The van der Waals surface area contributed by atoms with E-state index in [1.165, 1.54) is 25.2 Å². The Labute approximate surface area is 156 Å². The normalized spacial score (nSPS) is 10.3. The first-order valence-electron chi connectivity index (χ1n) is 8.27. The third-order valence-electron chi connectivity index (χ3n) is 3.76. The number of carbonyl (C=O) groups is 2. The first kappa shape index (κ1) is 20.1. The Morgan fingerprint density at radius 1 is 1.15 bits per heavy atom. The molecule has 0 aromatic heterocycles. The number of carbonyl (C=O) groups excluding carboxylic acids is 2. The number of rotatable bonds is 8. The van der Waals surface area contributed by atoms with Crippen LogP contribution < -0.4 is 4.90 Å². The fraction of sp³-hybridized carbons (Fsp3) is 0.263. The standard InChI is InChI=1S/C19H20N2O6/c1-3-27-19(23)16-10-9-15(21(24)25)11-17(16)20(2)18(22)13-26-12-14-7-5-4-6-8-14/h4-11H,3,12-13H2,1-2H3. The van der Waals surface area contributed by atoms with Crippen LogP contribution in [0.5, 0.6) is 0 Å². The Bertz CT molecular complexity index is 822. The predicted molar refractivity (Wildman–Crippen MR) is 98.6 cm³/mol. The smallest absolute Gasteiger partial charge is 0.340 e. The van der Waals surface area contributed by atoms with Crippen molar-refractivity contribution in [3.8, 4) is 0 Å². The fourth-order valence-electron chi connectivity index (χ4n) is 2.35. The molecule has 2 aromatic rings. The number of nitrogens with zero attached hydrogens (tertiary/aromatic N) is 2. The van der Waals surface area contributed by atoms with E-state index < -0.39 is 16.8 Å². The number of hydrogen-bond acceptors (Lipinski definition) is 6. The van der Waals surface area contributed by atoms with Gasteiger partial charge in [-0.1, -0.05) is 30.3 Å². The van der Waals surface area contributed by atoms with Crippen molar-refractivity contribution in [2.75, 3.05) is 25.2 Å². The van der Waals surface area contributed by atoms with E-state index in [9.17, 15) is 19.7 Å². The molecule has 2 rings (SSSR count). The van der Waals surface area contributed by atoms with E-state index in [1.54, 1.807) is 6.92 Å². The van der Waals surface area contributed by atoms with Gasteiger partial charge in [-0.3, -0.25) is 14.9 Å². The Kier molecular flexibility index (Phi) is 7.01. The van der Waals surface area contributed by atoms with Crippen LogP contribution in [0.4, 0.5) is 11.4 Å². The van der Waals surface area contributed by atoms with Gasteiger partial charge in [0, 0.05) is 19.2 Å². The van der Waals surface area contributed by atoms with Gasteiger partial charge in [-0.05, 0) is 18.6 Å². The van der Waals surface area contributed by atoms with Crippen LogP contribution in [0.1, 0.15) is 22.8 Å². The largest absolute Gasteiger partial charge is 0.462 e. The average molecular weight is 372 g/mol. The number of nitro groups is 1. The molecule has 1 amide bonds. The summed E-state index contributed by atoms with van der Waals surface area (Å²) in [6, 6.07) is 13.0. The van der Waals surface area contributed by atoms with Gasteiger partial charge in [-0.25, -0.2) is 4.79 Å². The molecule has 0 unspecified atom stereocenters. The minimum Gasteiger partial charge on any atom is -0.462 e. The zero-order chi connectivity index (χ0) is 19.8. The second-order valence-corrected chi connectivity index (χ2v) is 5.61. The molecule has 0 aliphatic heterocycles. The van der Waals surface area contributed by atoms with Crippen molar-refractivity contribution in [3.05, 3.63) is 69.8 Å². The summed E-state index contributed by atoms with van der Waals surface area (Å²) in [7, 11) is 1.43. The second-order valence-electron chi connectivity index (χ2n) is 5.61. The molecule has 0 spiro atoms. The molecule has 0 radical (unpaired) electrons. The van der Waals surface area contributed by atoms with Crippen molar-refractivity contribution in [2.24, 2.45) is 0 Å². The van der Waals surface area contributed by atoms with Crippen molar-refractivity contribution >= 4 is 23.3 Å². The van der Waals surface area contributed by atoms with E-state index in [2.05, 4.69) is 0 Å². The Morgan fingerprint density at radius 3 is 2.48 bits per heavy atom. The molecule has 0 saturated carbocycles. The van der Waals surface area contributed by atoms with Gasteiger partial charge in [0.25, 0.3) is 11.6 Å².